The molecule has 8 aromatic carbocycles. The van der Waals surface area contributed by atoms with E-state index in [0.29, 0.717) is 0 Å². The second kappa shape index (κ2) is 17.3. The highest BCUT2D eigenvalue weighted by Crippen LogP contribution is 2.58. The van der Waals surface area contributed by atoms with Gasteiger partial charge in [0, 0.05) is 23.0 Å². The van der Waals surface area contributed by atoms with Crippen molar-refractivity contribution in [2.45, 2.75) is 119 Å². The molecule has 0 aliphatic heterocycles. The maximum atomic E-state index is 6.87. The quantitative estimate of drug-likeness (QED) is 0.102. The topological polar surface area (TPSA) is 18.5 Å². The van der Waals surface area contributed by atoms with Gasteiger partial charge in [0.25, 0.3) is 0 Å². The third kappa shape index (κ3) is 7.00. The van der Waals surface area contributed by atoms with Gasteiger partial charge in [-0.2, -0.15) is 0 Å². The Morgan fingerprint density at radius 2 is 0.812 bits per heavy atom. The molecule has 324 valence electrons. The van der Waals surface area contributed by atoms with Gasteiger partial charge >= 0.3 is 0 Å². The second-order valence-electron chi connectivity index (χ2n) is 19.2. The van der Waals surface area contributed by atoms with E-state index in [1.165, 1.54) is 160 Å². The van der Waals surface area contributed by atoms with Crippen LogP contribution in [0.25, 0.3) is 54.6 Å². The molecular formula is C62H64O2. The molecule has 0 bridgehead atoms. The Labute approximate surface area is 381 Å². The highest BCUT2D eigenvalue weighted by Gasteiger charge is 2.38. The fourth-order valence-electron chi connectivity index (χ4n) is 12.2. The molecule has 0 radical (unpaired) electrons. The number of rotatable bonds is 14. The largest absolute Gasteiger partial charge is 0.493 e. The number of ether oxygens (including phenoxy) is 2. The minimum absolute atomic E-state index is 0.0379. The van der Waals surface area contributed by atoms with Crippen molar-refractivity contribution in [1.82, 2.24) is 0 Å². The van der Waals surface area contributed by atoms with Crippen LogP contribution < -0.4 is 9.47 Å². The summed E-state index contributed by atoms with van der Waals surface area (Å²) in [5.74, 6) is 2.07. The van der Waals surface area contributed by atoms with Gasteiger partial charge in [0.2, 0.25) is 0 Å². The van der Waals surface area contributed by atoms with Crippen molar-refractivity contribution < 1.29 is 9.47 Å². The van der Waals surface area contributed by atoms with Gasteiger partial charge in [-0.05, 0) is 166 Å². The van der Waals surface area contributed by atoms with Crippen LogP contribution in [0.3, 0.4) is 0 Å². The van der Waals surface area contributed by atoms with E-state index in [2.05, 4.69) is 165 Å². The Morgan fingerprint density at radius 3 is 1.20 bits per heavy atom. The van der Waals surface area contributed by atoms with E-state index in [0.717, 1.165) is 37.6 Å². The zero-order chi connectivity index (χ0) is 44.2. The van der Waals surface area contributed by atoms with Gasteiger partial charge in [0.15, 0.2) is 0 Å². The van der Waals surface area contributed by atoms with Crippen LogP contribution in [0.15, 0.2) is 109 Å². The molecule has 2 atom stereocenters. The van der Waals surface area contributed by atoms with Crippen LogP contribution in [0, 0.1) is 41.5 Å². The molecule has 0 saturated carbocycles. The van der Waals surface area contributed by atoms with Crippen LogP contribution in [0.2, 0.25) is 0 Å². The average Bonchev–Trinajstić information content (AvgIpc) is 3.27. The zero-order valence-electron chi connectivity index (χ0n) is 39.4. The lowest BCUT2D eigenvalue weighted by atomic mass is 9.67. The Balaban J connectivity index is 1.30. The van der Waals surface area contributed by atoms with Crippen molar-refractivity contribution >= 4 is 32.3 Å². The highest BCUT2D eigenvalue weighted by molar-refractivity contribution is 6.13. The number of aryl methyl sites for hydroxylation is 6. The molecule has 0 amide bonds. The summed E-state index contributed by atoms with van der Waals surface area (Å²) in [7, 11) is 0. The first-order valence-corrected chi connectivity index (χ1v) is 24.3. The molecule has 2 heteroatoms. The molecule has 0 aromatic heterocycles. The van der Waals surface area contributed by atoms with E-state index >= 15 is 0 Å². The second-order valence-corrected chi connectivity index (χ2v) is 19.2. The van der Waals surface area contributed by atoms with Crippen LogP contribution >= 0.6 is 0 Å². The summed E-state index contributed by atoms with van der Waals surface area (Å²) < 4.78 is 13.7. The summed E-state index contributed by atoms with van der Waals surface area (Å²) in [6.07, 6.45) is 9.41. The van der Waals surface area contributed by atoms with E-state index in [-0.39, 0.29) is 11.8 Å². The molecule has 2 aliphatic rings. The van der Waals surface area contributed by atoms with Crippen molar-refractivity contribution in [3.63, 3.8) is 0 Å². The SMILES string of the molecule is CCCCCCOc1ccc2cccc3c2c1-c1ccc2c4c(ccc2c1C3c1c(C)cc(C)cc1C)-c1c(OCCCCCC)ccc2cccc(c12)C4c1c(C)cc(C)cc1C. The Hall–Kier alpha value is -5.86. The van der Waals surface area contributed by atoms with E-state index in [1.54, 1.807) is 0 Å². The minimum atomic E-state index is 0.0379. The zero-order valence-corrected chi connectivity index (χ0v) is 39.4. The Morgan fingerprint density at radius 1 is 0.406 bits per heavy atom. The monoisotopic (exact) mass is 840 g/mol. The van der Waals surface area contributed by atoms with E-state index in [1.807, 2.05) is 0 Å². The van der Waals surface area contributed by atoms with E-state index in [9.17, 15) is 0 Å². The molecule has 0 fully saturated rings. The summed E-state index contributed by atoms with van der Waals surface area (Å²) in [5, 5.41) is 7.84. The molecule has 0 saturated heterocycles. The summed E-state index contributed by atoms with van der Waals surface area (Å²) in [6.45, 7) is 19.8. The molecule has 2 aliphatic carbocycles. The summed E-state index contributed by atoms with van der Waals surface area (Å²) in [4.78, 5) is 0. The molecule has 10 rings (SSSR count). The Kier molecular flexibility index (Phi) is 11.4. The van der Waals surface area contributed by atoms with Crippen LogP contribution in [0.5, 0.6) is 11.5 Å². The summed E-state index contributed by atoms with van der Waals surface area (Å²) in [5.41, 5.74) is 21.4. The third-order valence-electron chi connectivity index (χ3n) is 14.7. The molecule has 2 unspecified atom stereocenters. The fraction of sp³-hybridized carbons (Fsp3) is 0.323. The molecule has 2 nitrogen and oxygen atoms in total. The van der Waals surface area contributed by atoms with Gasteiger partial charge in [-0.15, -0.1) is 0 Å². The lowest BCUT2D eigenvalue weighted by Gasteiger charge is -2.36. The first-order chi connectivity index (χ1) is 31.2. The third-order valence-corrected chi connectivity index (χ3v) is 14.7. The molecule has 0 heterocycles. The van der Waals surface area contributed by atoms with Crippen molar-refractivity contribution in [2.24, 2.45) is 0 Å². The molecule has 0 spiro atoms. The maximum absolute atomic E-state index is 6.87. The maximum Gasteiger partial charge on any atom is 0.127 e. The summed E-state index contributed by atoms with van der Waals surface area (Å²) in [6, 6.07) is 42.4. The molecular weight excluding hydrogens is 777 g/mol. The molecule has 64 heavy (non-hydrogen) atoms. The van der Waals surface area contributed by atoms with Gasteiger partial charge in [-0.25, -0.2) is 0 Å². The van der Waals surface area contributed by atoms with Crippen LogP contribution in [0.1, 0.15) is 144 Å². The first-order valence-electron chi connectivity index (χ1n) is 24.3. The Bertz CT molecular complexity index is 2850. The van der Waals surface area contributed by atoms with Gasteiger partial charge in [-0.1, -0.05) is 161 Å². The van der Waals surface area contributed by atoms with Crippen molar-refractivity contribution in [3.05, 3.63) is 176 Å². The lowest BCUT2D eigenvalue weighted by Crippen LogP contribution is -2.17. The number of benzene rings is 8. The minimum Gasteiger partial charge on any atom is -0.493 e. The number of unbranched alkanes of at least 4 members (excludes halogenated alkanes) is 6. The predicted molar refractivity (Wildman–Crippen MR) is 272 cm³/mol. The summed E-state index contributed by atoms with van der Waals surface area (Å²) >= 11 is 0. The lowest BCUT2D eigenvalue weighted by molar-refractivity contribution is 0.306. The van der Waals surface area contributed by atoms with Crippen molar-refractivity contribution in [3.8, 4) is 33.8 Å². The number of fused-ring (bicyclic) bond motifs is 7. The normalized spacial score (nSPS) is 14.9. The van der Waals surface area contributed by atoms with Crippen LogP contribution in [-0.4, -0.2) is 13.2 Å². The first kappa shape index (κ1) is 42.1. The van der Waals surface area contributed by atoms with Gasteiger partial charge in [0.1, 0.15) is 11.5 Å². The fourth-order valence-corrected chi connectivity index (χ4v) is 12.2. The van der Waals surface area contributed by atoms with Gasteiger partial charge < -0.3 is 9.47 Å². The van der Waals surface area contributed by atoms with Crippen molar-refractivity contribution in [1.29, 1.82) is 0 Å². The van der Waals surface area contributed by atoms with Crippen molar-refractivity contribution in [2.75, 3.05) is 13.2 Å². The standard InChI is InChI=1S/C62H64O2/c1-9-11-13-15-31-63-51-29-23-43-19-17-21-47-55(43)59(51)49-27-25-46-45(57(49)61(47)53-39(5)33-37(3)34-40(53)6)26-28-50-58(46)62(54-41(7)35-38(4)36-42(54)8)48-22-18-20-44-24-30-52(60(50)56(44)48)64-32-16-14-12-10-2/h17-30,33-36,61-62H,9-16,31-32H2,1-8H3. The smallest absolute Gasteiger partial charge is 0.127 e. The molecule has 0 N–H and O–H groups in total. The highest BCUT2D eigenvalue weighted by atomic mass is 16.5. The van der Waals surface area contributed by atoms with E-state index < -0.39 is 0 Å². The molecule has 8 aromatic rings. The van der Waals surface area contributed by atoms with Gasteiger partial charge in [-0.3, -0.25) is 0 Å². The average molecular weight is 841 g/mol. The van der Waals surface area contributed by atoms with Crippen LogP contribution in [0.4, 0.5) is 0 Å². The van der Waals surface area contributed by atoms with E-state index in [4.69, 9.17) is 9.47 Å². The predicted octanol–water partition coefficient (Wildman–Crippen LogP) is 17.2. The van der Waals surface area contributed by atoms with Crippen LogP contribution in [-0.2, 0) is 0 Å². The van der Waals surface area contributed by atoms with Gasteiger partial charge in [0.05, 0.1) is 13.2 Å². The number of hydrogen-bond acceptors (Lipinski definition) is 2. The number of hydrogen-bond donors (Lipinski definition) is 0.